The number of carbonyl (C=O) groups is 2. The summed E-state index contributed by atoms with van der Waals surface area (Å²) in [4.78, 5) is 30.8. The molecule has 0 saturated carbocycles. The van der Waals surface area contributed by atoms with Crippen LogP contribution >= 0.6 is 23.4 Å². The van der Waals surface area contributed by atoms with E-state index in [-0.39, 0.29) is 36.1 Å². The predicted octanol–water partition coefficient (Wildman–Crippen LogP) is 6.82. The lowest BCUT2D eigenvalue weighted by atomic mass is 10.0. The molecule has 11 heteroatoms. The number of benzene rings is 4. The second-order valence-corrected chi connectivity index (χ2v) is 13.8. The van der Waals surface area contributed by atoms with Gasteiger partial charge in [-0.2, -0.15) is 0 Å². The van der Waals surface area contributed by atoms with E-state index in [0.717, 1.165) is 14.8 Å². The fraction of sp³-hybridized carbons (Fsp3) is 0.278. The van der Waals surface area contributed by atoms with E-state index >= 15 is 0 Å². The summed E-state index contributed by atoms with van der Waals surface area (Å²) in [6.45, 7) is 3.86. The minimum atomic E-state index is -4.28. The van der Waals surface area contributed by atoms with Crippen LogP contribution < -0.4 is 14.4 Å². The summed E-state index contributed by atoms with van der Waals surface area (Å²) < 4.78 is 35.7. The number of carbonyl (C=O) groups excluding carboxylic acids is 2. The molecule has 0 bridgehead atoms. The standard InChI is InChI=1S/C36H40ClN3O5S2/c1-4-23-38-36(42)33(24-27-13-7-6-8-14-27)39(25-28-15-9-10-16-31(28)37)35(41)26-40(32-17-11-12-18-34(32)45-5-2)47(43,44)30-21-19-29(46-3)20-22-30/h6-22,33H,4-5,23-26H2,1-3H3,(H,38,42)/t33-/m0/s1. The van der Waals surface area contributed by atoms with Gasteiger partial charge in [0.15, 0.2) is 0 Å². The number of rotatable bonds is 16. The number of hydrogen-bond donors (Lipinski definition) is 1. The van der Waals surface area contributed by atoms with Gasteiger partial charge in [-0.05, 0) is 73.2 Å². The number of thioether (sulfide) groups is 1. The number of halogens is 1. The molecule has 0 fully saturated rings. The summed E-state index contributed by atoms with van der Waals surface area (Å²) in [6.07, 6.45) is 2.83. The summed E-state index contributed by atoms with van der Waals surface area (Å²) in [5, 5.41) is 3.38. The average Bonchev–Trinajstić information content (AvgIpc) is 3.09. The zero-order valence-corrected chi connectivity index (χ0v) is 29.2. The molecule has 1 N–H and O–H groups in total. The Hall–Kier alpha value is -3.99. The fourth-order valence-electron chi connectivity index (χ4n) is 5.06. The highest BCUT2D eigenvalue weighted by Gasteiger charge is 2.35. The van der Waals surface area contributed by atoms with Crippen LogP contribution in [0.5, 0.6) is 5.75 Å². The maximum atomic E-state index is 14.7. The van der Waals surface area contributed by atoms with Crippen molar-refractivity contribution in [2.75, 3.05) is 30.3 Å². The van der Waals surface area contributed by atoms with Crippen molar-refractivity contribution < 1.29 is 22.7 Å². The molecule has 2 amide bonds. The van der Waals surface area contributed by atoms with Crippen molar-refractivity contribution in [2.24, 2.45) is 0 Å². The zero-order valence-electron chi connectivity index (χ0n) is 26.8. The molecule has 8 nitrogen and oxygen atoms in total. The van der Waals surface area contributed by atoms with Crippen LogP contribution in [-0.4, -0.2) is 57.1 Å². The first-order chi connectivity index (χ1) is 22.7. The van der Waals surface area contributed by atoms with Gasteiger partial charge in [0.05, 0.1) is 17.2 Å². The molecule has 248 valence electrons. The highest BCUT2D eigenvalue weighted by atomic mass is 35.5. The minimum absolute atomic E-state index is 0.0149. The van der Waals surface area contributed by atoms with E-state index in [9.17, 15) is 18.0 Å². The van der Waals surface area contributed by atoms with Crippen molar-refractivity contribution in [1.82, 2.24) is 10.2 Å². The maximum Gasteiger partial charge on any atom is 0.264 e. The summed E-state index contributed by atoms with van der Waals surface area (Å²) in [7, 11) is -4.28. The Labute approximate surface area is 287 Å². The van der Waals surface area contributed by atoms with Crippen molar-refractivity contribution in [3.05, 3.63) is 119 Å². The molecule has 0 aliphatic carbocycles. The molecule has 47 heavy (non-hydrogen) atoms. The third-order valence-electron chi connectivity index (χ3n) is 7.48. The van der Waals surface area contributed by atoms with Crippen molar-refractivity contribution >= 4 is 50.9 Å². The Morgan fingerprint density at radius 3 is 2.21 bits per heavy atom. The third kappa shape index (κ3) is 9.31. The van der Waals surface area contributed by atoms with Crippen LogP contribution in [0.15, 0.2) is 113 Å². The van der Waals surface area contributed by atoms with Gasteiger partial charge in [0.1, 0.15) is 18.3 Å². The number of para-hydroxylation sites is 2. The Kier molecular flexibility index (Phi) is 13.2. The van der Waals surface area contributed by atoms with Gasteiger partial charge in [-0.1, -0.05) is 79.2 Å². The highest BCUT2D eigenvalue weighted by molar-refractivity contribution is 7.98. The number of nitrogens with zero attached hydrogens (tertiary/aromatic N) is 2. The van der Waals surface area contributed by atoms with Crippen LogP contribution in [0, 0.1) is 0 Å². The van der Waals surface area contributed by atoms with Gasteiger partial charge >= 0.3 is 0 Å². The first kappa shape index (κ1) is 35.9. The normalized spacial score (nSPS) is 11.8. The van der Waals surface area contributed by atoms with Gasteiger partial charge < -0.3 is 15.0 Å². The lowest BCUT2D eigenvalue weighted by Crippen LogP contribution is -2.53. The van der Waals surface area contributed by atoms with Crippen LogP contribution in [0.3, 0.4) is 0 Å². The van der Waals surface area contributed by atoms with Gasteiger partial charge in [-0.3, -0.25) is 13.9 Å². The Balaban J connectivity index is 1.84. The largest absolute Gasteiger partial charge is 0.492 e. The number of anilines is 1. The molecular weight excluding hydrogens is 654 g/mol. The highest BCUT2D eigenvalue weighted by Crippen LogP contribution is 2.33. The second-order valence-electron chi connectivity index (χ2n) is 10.7. The van der Waals surface area contributed by atoms with Crippen molar-refractivity contribution in [2.45, 2.75) is 49.1 Å². The molecule has 4 rings (SSSR count). The van der Waals surface area contributed by atoms with E-state index in [2.05, 4.69) is 5.32 Å². The number of sulfonamides is 1. The van der Waals surface area contributed by atoms with Crippen molar-refractivity contribution in [3.8, 4) is 5.75 Å². The van der Waals surface area contributed by atoms with E-state index in [1.807, 2.05) is 43.5 Å². The molecule has 0 unspecified atom stereocenters. The zero-order chi connectivity index (χ0) is 33.8. The molecule has 4 aromatic carbocycles. The molecule has 1 atom stereocenters. The smallest absolute Gasteiger partial charge is 0.264 e. The van der Waals surface area contributed by atoms with Gasteiger partial charge in [-0.15, -0.1) is 11.8 Å². The number of hydrogen-bond acceptors (Lipinski definition) is 6. The lowest BCUT2D eigenvalue weighted by molar-refractivity contribution is -0.140. The number of nitrogens with one attached hydrogen (secondary N) is 1. The number of amides is 2. The van der Waals surface area contributed by atoms with E-state index in [1.54, 1.807) is 67.6 Å². The minimum Gasteiger partial charge on any atom is -0.492 e. The summed E-state index contributed by atoms with van der Waals surface area (Å²) in [6, 6.07) is 28.8. The molecule has 0 radical (unpaired) electrons. The summed E-state index contributed by atoms with van der Waals surface area (Å²) in [5.41, 5.74) is 1.69. The van der Waals surface area contributed by atoms with Crippen LogP contribution in [-0.2, 0) is 32.6 Å². The van der Waals surface area contributed by atoms with Crippen molar-refractivity contribution in [3.63, 3.8) is 0 Å². The first-order valence-corrected chi connectivity index (χ1v) is 18.5. The van der Waals surface area contributed by atoms with Gasteiger partial charge in [0.2, 0.25) is 11.8 Å². The maximum absolute atomic E-state index is 14.7. The van der Waals surface area contributed by atoms with Crippen LogP contribution in [0.1, 0.15) is 31.4 Å². The van der Waals surface area contributed by atoms with E-state index in [1.165, 1.54) is 28.8 Å². The summed E-state index contributed by atoms with van der Waals surface area (Å²) >= 11 is 8.07. The Morgan fingerprint density at radius 1 is 0.894 bits per heavy atom. The van der Waals surface area contributed by atoms with Gasteiger partial charge in [0, 0.05) is 29.4 Å². The van der Waals surface area contributed by atoms with Crippen molar-refractivity contribution in [1.29, 1.82) is 0 Å². The third-order valence-corrected chi connectivity index (χ3v) is 10.4. The van der Waals surface area contributed by atoms with E-state index in [4.69, 9.17) is 16.3 Å². The molecule has 0 aliphatic heterocycles. The molecule has 4 aromatic rings. The van der Waals surface area contributed by atoms with Gasteiger partial charge in [0.25, 0.3) is 10.0 Å². The first-order valence-electron chi connectivity index (χ1n) is 15.4. The van der Waals surface area contributed by atoms with E-state index in [0.29, 0.717) is 29.3 Å². The molecule has 0 heterocycles. The molecule has 0 aromatic heterocycles. The monoisotopic (exact) mass is 693 g/mol. The molecule has 0 aliphatic rings. The van der Waals surface area contributed by atoms with Crippen LogP contribution in [0.4, 0.5) is 5.69 Å². The fourth-order valence-corrected chi connectivity index (χ4v) is 7.09. The molecular formula is C36H40ClN3O5S2. The molecule has 0 saturated heterocycles. The summed E-state index contributed by atoms with van der Waals surface area (Å²) in [5.74, 6) is -0.604. The Bertz CT molecular complexity index is 1740. The SMILES string of the molecule is CCCNC(=O)[C@H](Cc1ccccc1)N(Cc1ccccc1Cl)C(=O)CN(c1ccccc1OCC)S(=O)(=O)c1ccc(SC)cc1. The van der Waals surface area contributed by atoms with Crippen LogP contribution in [0.25, 0.3) is 0 Å². The van der Waals surface area contributed by atoms with Crippen LogP contribution in [0.2, 0.25) is 5.02 Å². The van der Waals surface area contributed by atoms with E-state index < -0.39 is 28.5 Å². The second kappa shape index (κ2) is 17.2. The quantitative estimate of drug-likeness (QED) is 0.129. The lowest BCUT2D eigenvalue weighted by Gasteiger charge is -2.34. The Morgan fingerprint density at radius 2 is 1.55 bits per heavy atom. The van der Waals surface area contributed by atoms with Gasteiger partial charge in [-0.25, -0.2) is 8.42 Å². The topological polar surface area (TPSA) is 96.0 Å². The average molecular weight is 694 g/mol. The molecule has 0 spiro atoms. The number of ether oxygens (including phenoxy) is 1. The predicted molar refractivity (Wildman–Crippen MR) is 190 cm³/mol.